The molecule has 0 radical (unpaired) electrons. The predicted molar refractivity (Wildman–Crippen MR) is 78.3 cm³/mol. The first-order valence-electron chi connectivity index (χ1n) is 7.39. The van der Waals surface area contributed by atoms with Crippen LogP contribution in [0.2, 0.25) is 0 Å². The fraction of sp³-hybridized carbons (Fsp3) is 0.667. The SMILES string of the molecule is Cc1nc(N2CCN(C)CC2)nc2c1C(=O)C[C@H](C)C2. The molecule has 5 nitrogen and oxygen atoms in total. The van der Waals surface area contributed by atoms with E-state index in [0.717, 1.165) is 55.5 Å². The molecule has 0 unspecified atom stereocenters. The summed E-state index contributed by atoms with van der Waals surface area (Å²) in [6, 6.07) is 0. The molecule has 0 saturated carbocycles. The number of rotatable bonds is 1. The Hall–Kier alpha value is -1.49. The standard InChI is InChI=1S/C15H22N4O/c1-10-8-12-14(13(20)9-10)11(2)16-15(17-12)19-6-4-18(3)5-7-19/h10H,4-9H2,1-3H3/t10-/m1/s1. The minimum absolute atomic E-state index is 0.209. The number of hydrogen-bond acceptors (Lipinski definition) is 5. The zero-order chi connectivity index (χ0) is 14.3. The van der Waals surface area contributed by atoms with Crippen LogP contribution in [0.5, 0.6) is 0 Å². The van der Waals surface area contributed by atoms with E-state index in [4.69, 9.17) is 4.98 Å². The first kappa shape index (κ1) is 13.5. The van der Waals surface area contributed by atoms with E-state index < -0.39 is 0 Å². The van der Waals surface area contributed by atoms with Crippen LogP contribution >= 0.6 is 0 Å². The van der Waals surface area contributed by atoms with E-state index in [1.165, 1.54) is 0 Å². The Kier molecular flexibility index (Phi) is 3.46. The van der Waals surface area contributed by atoms with Gasteiger partial charge in [0.1, 0.15) is 0 Å². The van der Waals surface area contributed by atoms with E-state index in [1.54, 1.807) is 0 Å². The van der Waals surface area contributed by atoms with E-state index >= 15 is 0 Å². The highest BCUT2D eigenvalue weighted by molar-refractivity contribution is 5.99. The topological polar surface area (TPSA) is 49.3 Å². The number of hydrogen-bond donors (Lipinski definition) is 0. The minimum atomic E-state index is 0.209. The fourth-order valence-corrected chi connectivity index (χ4v) is 3.10. The van der Waals surface area contributed by atoms with E-state index in [2.05, 4.69) is 28.8 Å². The molecule has 2 heterocycles. The second-order valence-electron chi connectivity index (χ2n) is 6.16. The number of anilines is 1. The lowest BCUT2D eigenvalue weighted by molar-refractivity contribution is 0.0951. The normalized spacial score (nSPS) is 23.9. The number of piperazine rings is 1. The number of nitrogens with zero attached hydrogens (tertiary/aromatic N) is 4. The first-order chi connectivity index (χ1) is 9.54. The van der Waals surface area contributed by atoms with Gasteiger partial charge in [0.05, 0.1) is 17.0 Å². The molecular weight excluding hydrogens is 252 g/mol. The molecule has 0 N–H and O–H groups in total. The zero-order valence-corrected chi connectivity index (χ0v) is 12.5. The molecule has 108 valence electrons. The molecule has 1 saturated heterocycles. The number of fused-ring (bicyclic) bond motifs is 1. The largest absolute Gasteiger partial charge is 0.338 e. The van der Waals surface area contributed by atoms with Crippen molar-refractivity contribution in [3.63, 3.8) is 0 Å². The predicted octanol–water partition coefficient (Wildman–Crippen LogP) is 1.30. The molecule has 1 aromatic heterocycles. The monoisotopic (exact) mass is 274 g/mol. The lowest BCUT2D eigenvalue weighted by Gasteiger charge is -2.33. The number of likely N-dealkylation sites (N-methyl/N-ethyl adjacent to an activating group) is 1. The van der Waals surface area contributed by atoms with Crippen molar-refractivity contribution in [1.29, 1.82) is 0 Å². The highest BCUT2D eigenvalue weighted by Crippen LogP contribution is 2.27. The maximum Gasteiger partial charge on any atom is 0.225 e. The quantitative estimate of drug-likeness (QED) is 0.772. The number of aryl methyl sites for hydroxylation is 1. The van der Waals surface area contributed by atoms with Gasteiger partial charge in [-0.2, -0.15) is 0 Å². The van der Waals surface area contributed by atoms with Gasteiger partial charge in [0.15, 0.2) is 5.78 Å². The van der Waals surface area contributed by atoms with E-state index in [1.807, 2.05) is 6.92 Å². The molecule has 0 spiro atoms. The van der Waals surface area contributed by atoms with Crippen molar-refractivity contribution in [3.8, 4) is 0 Å². The number of aromatic nitrogens is 2. The summed E-state index contributed by atoms with van der Waals surface area (Å²) < 4.78 is 0. The Balaban J connectivity index is 1.93. The molecule has 20 heavy (non-hydrogen) atoms. The van der Waals surface area contributed by atoms with Crippen LogP contribution < -0.4 is 4.90 Å². The number of carbonyl (C=O) groups is 1. The van der Waals surface area contributed by atoms with Gasteiger partial charge in [0, 0.05) is 32.6 Å². The van der Waals surface area contributed by atoms with Crippen LogP contribution in [0.3, 0.4) is 0 Å². The molecule has 0 amide bonds. The maximum atomic E-state index is 12.1. The third-order valence-corrected chi connectivity index (χ3v) is 4.29. The average molecular weight is 274 g/mol. The van der Waals surface area contributed by atoms with Crippen LogP contribution in [0.15, 0.2) is 0 Å². The Morgan fingerprint density at radius 3 is 2.50 bits per heavy atom. The minimum Gasteiger partial charge on any atom is -0.338 e. The third kappa shape index (κ3) is 2.42. The summed E-state index contributed by atoms with van der Waals surface area (Å²) in [4.78, 5) is 26.0. The molecule has 2 aliphatic rings. The fourth-order valence-electron chi connectivity index (χ4n) is 3.10. The van der Waals surface area contributed by atoms with Crippen molar-refractivity contribution in [1.82, 2.24) is 14.9 Å². The van der Waals surface area contributed by atoms with Gasteiger partial charge in [-0.15, -0.1) is 0 Å². The second-order valence-corrected chi connectivity index (χ2v) is 6.16. The Labute approximate surface area is 120 Å². The number of Topliss-reactive ketones (excluding diaryl/α,β-unsaturated/α-hetero) is 1. The van der Waals surface area contributed by atoms with Crippen molar-refractivity contribution in [2.75, 3.05) is 38.1 Å². The van der Waals surface area contributed by atoms with Crippen LogP contribution in [-0.4, -0.2) is 53.9 Å². The van der Waals surface area contributed by atoms with Crippen molar-refractivity contribution in [2.24, 2.45) is 5.92 Å². The smallest absolute Gasteiger partial charge is 0.225 e. The van der Waals surface area contributed by atoms with Crippen LogP contribution in [0.25, 0.3) is 0 Å². The second kappa shape index (κ2) is 5.13. The van der Waals surface area contributed by atoms with Gasteiger partial charge in [0.2, 0.25) is 5.95 Å². The molecule has 0 bridgehead atoms. The molecule has 1 aliphatic carbocycles. The van der Waals surface area contributed by atoms with Gasteiger partial charge in [-0.25, -0.2) is 9.97 Å². The highest BCUT2D eigenvalue weighted by Gasteiger charge is 2.28. The van der Waals surface area contributed by atoms with Crippen molar-refractivity contribution < 1.29 is 4.79 Å². The molecule has 1 aromatic rings. The van der Waals surface area contributed by atoms with Crippen LogP contribution in [0.4, 0.5) is 5.95 Å². The van der Waals surface area contributed by atoms with Gasteiger partial charge in [-0.1, -0.05) is 6.92 Å². The summed E-state index contributed by atoms with van der Waals surface area (Å²) in [6.45, 7) is 8.04. The molecular formula is C15H22N4O. The van der Waals surface area contributed by atoms with E-state index in [9.17, 15) is 4.79 Å². The zero-order valence-electron chi connectivity index (χ0n) is 12.5. The Morgan fingerprint density at radius 2 is 1.80 bits per heavy atom. The summed E-state index contributed by atoms with van der Waals surface area (Å²) in [5, 5.41) is 0. The van der Waals surface area contributed by atoms with Gasteiger partial charge >= 0.3 is 0 Å². The summed E-state index contributed by atoms with van der Waals surface area (Å²) in [5.74, 6) is 1.40. The van der Waals surface area contributed by atoms with Gasteiger partial charge in [0.25, 0.3) is 0 Å². The number of ketones is 1. The molecule has 0 aromatic carbocycles. The summed E-state index contributed by atoms with van der Waals surface area (Å²) in [6.07, 6.45) is 1.52. The molecule has 1 fully saturated rings. The van der Waals surface area contributed by atoms with Crippen LogP contribution in [0, 0.1) is 12.8 Å². The molecule has 1 aliphatic heterocycles. The summed E-state index contributed by atoms with van der Waals surface area (Å²) >= 11 is 0. The van der Waals surface area contributed by atoms with Crippen molar-refractivity contribution in [2.45, 2.75) is 26.7 Å². The van der Waals surface area contributed by atoms with E-state index in [0.29, 0.717) is 12.3 Å². The molecule has 5 heteroatoms. The maximum absolute atomic E-state index is 12.1. The third-order valence-electron chi connectivity index (χ3n) is 4.29. The van der Waals surface area contributed by atoms with Gasteiger partial charge < -0.3 is 9.80 Å². The summed E-state index contributed by atoms with van der Waals surface area (Å²) in [5.41, 5.74) is 2.58. The van der Waals surface area contributed by atoms with Crippen molar-refractivity contribution in [3.05, 3.63) is 17.0 Å². The molecule has 1 atom stereocenters. The summed E-state index contributed by atoms with van der Waals surface area (Å²) in [7, 11) is 2.14. The number of carbonyl (C=O) groups excluding carboxylic acids is 1. The Morgan fingerprint density at radius 1 is 1.10 bits per heavy atom. The van der Waals surface area contributed by atoms with Crippen LogP contribution in [0.1, 0.15) is 35.1 Å². The van der Waals surface area contributed by atoms with Gasteiger partial charge in [-0.05, 0) is 26.3 Å². The lowest BCUT2D eigenvalue weighted by Crippen LogP contribution is -2.45. The lowest BCUT2D eigenvalue weighted by atomic mass is 9.86. The van der Waals surface area contributed by atoms with Crippen LogP contribution in [-0.2, 0) is 6.42 Å². The Bertz CT molecular complexity index is 535. The van der Waals surface area contributed by atoms with E-state index in [-0.39, 0.29) is 5.78 Å². The van der Waals surface area contributed by atoms with Gasteiger partial charge in [-0.3, -0.25) is 4.79 Å². The highest BCUT2D eigenvalue weighted by atomic mass is 16.1. The average Bonchev–Trinajstić information content (AvgIpc) is 2.38. The van der Waals surface area contributed by atoms with Crippen molar-refractivity contribution >= 4 is 11.7 Å². The first-order valence-corrected chi connectivity index (χ1v) is 7.39. The molecule has 3 rings (SSSR count).